The number of carbonyl (C=O) groups excluding carboxylic acids is 2. The van der Waals surface area contributed by atoms with E-state index in [9.17, 15) is 14.7 Å². The molecular formula is C15H22N2O3S. The molecular weight excluding hydrogens is 288 g/mol. The van der Waals surface area contributed by atoms with Gasteiger partial charge in [0.15, 0.2) is 0 Å². The lowest BCUT2D eigenvalue weighted by molar-refractivity contribution is -0.130. The van der Waals surface area contributed by atoms with E-state index in [0.717, 1.165) is 4.88 Å². The maximum atomic E-state index is 12.3. The summed E-state index contributed by atoms with van der Waals surface area (Å²) in [4.78, 5) is 27.5. The summed E-state index contributed by atoms with van der Waals surface area (Å²) in [5, 5.41) is 12.8. The second kappa shape index (κ2) is 7.04. The van der Waals surface area contributed by atoms with Crippen molar-refractivity contribution in [1.29, 1.82) is 0 Å². The fraction of sp³-hybridized carbons (Fsp3) is 0.600. The fourth-order valence-electron chi connectivity index (χ4n) is 2.61. The highest BCUT2D eigenvalue weighted by Gasteiger charge is 2.27. The number of aliphatic hydroxyl groups excluding tert-OH is 1. The third-order valence-electron chi connectivity index (χ3n) is 3.73. The van der Waals surface area contributed by atoms with E-state index in [1.165, 1.54) is 11.8 Å². The molecule has 2 atom stereocenters. The summed E-state index contributed by atoms with van der Waals surface area (Å²) in [5.41, 5.74) is 0. The molecule has 2 heterocycles. The molecule has 6 heteroatoms. The van der Waals surface area contributed by atoms with Crippen LogP contribution in [0.15, 0.2) is 12.1 Å². The maximum absolute atomic E-state index is 12.3. The van der Waals surface area contributed by atoms with Crippen molar-refractivity contribution in [2.24, 2.45) is 0 Å². The molecule has 2 rings (SSSR count). The molecule has 2 amide bonds. The number of amides is 2. The molecule has 1 saturated heterocycles. The van der Waals surface area contributed by atoms with Crippen LogP contribution >= 0.6 is 11.3 Å². The highest BCUT2D eigenvalue weighted by Crippen LogP contribution is 2.18. The Bertz CT molecular complexity index is 515. The van der Waals surface area contributed by atoms with Gasteiger partial charge in [0.2, 0.25) is 11.8 Å². The van der Waals surface area contributed by atoms with Crippen LogP contribution in [-0.2, 0) is 16.0 Å². The second-order valence-corrected chi connectivity index (χ2v) is 6.89. The first-order chi connectivity index (χ1) is 9.95. The number of likely N-dealkylation sites (tertiary alicyclic amines) is 1. The minimum absolute atomic E-state index is 0.0903. The zero-order valence-electron chi connectivity index (χ0n) is 12.5. The van der Waals surface area contributed by atoms with E-state index in [2.05, 4.69) is 5.32 Å². The molecule has 5 nitrogen and oxygen atoms in total. The Morgan fingerprint density at radius 3 is 2.71 bits per heavy atom. The molecule has 1 aliphatic heterocycles. The minimum Gasteiger partial charge on any atom is -0.391 e. The van der Waals surface area contributed by atoms with E-state index >= 15 is 0 Å². The van der Waals surface area contributed by atoms with Crippen LogP contribution in [0.3, 0.4) is 0 Å². The summed E-state index contributed by atoms with van der Waals surface area (Å²) >= 11 is 1.64. The Hall–Kier alpha value is -1.40. The summed E-state index contributed by atoms with van der Waals surface area (Å²) in [6, 6.07) is 3.75. The van der Waals surface area contributed by atoms with Crippen molar-refractivity contribution in [3.05, 3.63) is 21.9 Å². The van der Waals surface area contributed by atoms with Crippen LogP contribution in [0.1, 0.15) is 29.5 Å². The van der Waals surface area contributed by atoms with E-state index in [4.69, 9.17) is 0 Å². The van der Waals surface area contributed by atoms with Gasteiger partial charge in [0.1, 0.15) is 0 Å². The van der Waals surface area contributed by atoms with Gasteiger partial charge in [0.25, 0.3) is 0 Å². The third-order valence-corrected chi connectivity index (χ3v) is 4.73. The van der Waals surface area contributed by atoms with Crippen LogP contribution in [0.4, 0.5) is 0 Å². The van der Waals surface area contributed by atoms with Gasteiger partial charge in [0.05, 0.1) is 18.6 Å². The third kappa shape index (κ3) is 4.54. The molecule has 2 N–H and O–H groups in total. The molecule has 0 aliphatic carbocycles. The summed E-state index contributed by atoms with van der Waals surface area (Å²) in [6.07, 6.45) is 0.922. The SMILES string of the molecule is CC(=O)N[C@H]1CCN(C(=O)Cc2ccc(C)s2)CC[C@@H]1O. The molecule has 0 aromatic carbocycles. The van der Waals surface area contributed by atoms with E-state index in [0.29, 0.717) is 32.4 Å². The second-order valence-electron chi connectivity index (χ2n) is 5.52. The molecule has 0 radical (unpaired) electrons. The fourth-order valence-corrected chi connectivity index (χ4v) is 3.49. The first-order valence-corrected chi connectivity index (χ1v) is 8.05. The topological polar surface area (TPSA) is 69.6 Å². The van der Waals surface area contributed by atoms with E-state index < -0.39 is 6.10 Å². The largest absolute Gasteiger partial charge is 0.391 e. The van der Waals surface area contributed by atoms with Crippen LogP contribution in [0.2, 0.25) is 0 Å². The zero-order valence-corrected chi connectivity index (χ0v) is 13.3. The smallest absolute Gasteiger partial charge is 0.227 e. The molecule has 0 bridgehead atoms. The lowest BCUT2D eigenvalue weighted by Crippen LogP contribution is -2.42. The molecule has 0 spiro atoms. The van der Waals surface area contributed by atoms with Crippen molar-refractivity contribution >= 4 is 23.2 Å². The number of aliphatic hydroxyl groups is 1. The number of hydrogen-bond acceptors (Lipinski definition) is 4. The lowest BCUT2D eigenvalue weighted by Gasteiger charge is -2.20. The minimum atomic E-state index is -0.587. The van der Waals surface area contributed by atoms with Gasteiger partial charge in [0, 0.05) is 29.8 Å². The first kappa shape index (κ1) is 16.0. The standard InChI is InChI=1S/C15H22N2O3S/c1-10-3-4-12(21-10)9-15(20)17-7-5-13(16-11(2)18)14(19)6-8-17/h3-4,13-14,19H,5-9H2,1-2H3,(H,16,18)/t13-,14-/m0/s1. The van der Waals surface area contributed by atoms with Gasteiger partial charge < -0.3 is 15.3 Å². The predicted octanol–water partition coefficient (Wildman–Crippen LogP) is 1.09. The van der Waals surface area contributed by atoms with Crippen molar-refractivity contribution in [3.63, 3.8) is 0 Å². The van der Waals surface area contributed by atoms with Gasteiger partial charge in [-0.1, -0.05) is 0 Å². The molecule has 1 aliphatic rings. The monoisotopic (exact) mass is 310 g/mol. The summed E-state index contributed by atoms with van der Waals surface area (Å²) in [6.45, 7) is 4.59. The van der Waals surface area contributed by atoms with Crippen LogP contribution in [-0.4, -0.2) is 47.1 Å². The van der Waals surface area contributed by atoms with E-state index in [1.807, 2.05) is 19.1 Å². The number of rotatable bonds is 3. The summed E-state index contributed by atoms with van der Waals surface area (Å²) in [5.74, 6) is -0.0552. The normalized spacial score (nSPS) is 22.7. The van der Waals surface area contributed by atoms with Crippen LogP contribution < -0.4 is 5.32 Å². The van der Waals surface area contributed by atoms with E-state index in [1.54, 1.807) is 16.2 Å². The number of nitrogens with zero attached hydrogens (tertiary/aromatic N) is 1. The average molecular weight is 310 g/mol. The van der Waals surface area contributed by atoms with E-state index in [-0.39, 0.29) is 17.9 Å². The van der Waals surface area contributed by atoms with Crippen molar-refractivity contribution in [2.75, 3.05) is 13.1 Å². The quantitative estimate of drug-likeness (QED) is 0.878. The molecule has 21 heavy (non-hydrogen) atoms. The van der Waals surface area contributed by atoms with Gasteiger partial charge in [-0.15, -0.1) is 11.3 Å². The average Bonchev–Trinajstić information content (AvgIpc) is 2.72. The number of aryl methyl sites for hydroxylation is 1. The Labute approximate surface area is 129 Å². The predicted molar refractivity (Wildman–Crippen MR) is 82.2 cm³/mol. The highest BCUT2D eigenvalue weighted by molar-refractivity contribution is 7.12. The summed E-state index contributed by atoms with van der Waals surface area (Å²) < 4.78 is 0. The number of thiophene rings is 1. The van der Waals surface area contributed by atoms with Crippen LogP contribution in [0.5, 0.6) is 0 Å². The van der Waals surface area contributed by atoms with Crippen molar-refractivity contribution in [2.45, 2.75) is 45.3 Å². The number of carbonyl (C=O) groups is 2. The lowest BCUT2D eigenvalue weighted by atomic mass is 10.1. The Morgan fingerprint density at radius 1 is 1.38 bits per heavy atom. The van der Waals surface area contributed by atoms with Crippen molar-refractivity contribution < 1.29 is 14.7 Å². The van der Waals surface area contributed by atoms with Gasteiger partial charge >= 0.3 is 0 Å². The summed E-state index contributed by atoms with van der Waals surface area (Å²) in [7, 11) is 0. The van der Waals surface area contributed by atoms with Crippen LogP contribution in [0.25, 0.3) is 0 Å². The first-order valence-electron chi connectivity index (χ1n) is 7.24. The molecule has 0 unspecified atom stereocenters. The molecule has 1 aromatic rings. The number of hydrogen-bond donors (Lipinski definition) is 2. The van der Waals surface area contributed by atoms with Crippen molar-refractivity contribution in [1.82, 2.24) is 10.2 Å². The van der Waals surface area contributed by atoms with Gasteiger partial charge in [-0.25, -0.2) is 0 Å². The Balaban J connectivity index is 1.92. The maximum Gasteiger partial charge on any atom is 0.227 e. The Morgan fingerprint density at radius 2 is 2.10 bits per heavy atom. The van der Waals surface area contributed by atoms with Gasteiger partial charge in [-0.2, -0.15) is 0 Å². The van der Waals surface area contributed by atoms with Gasteiger partial charge in [-0.05, 0) is 31.9 Å². The zero-order chi connectivity index (χ0) is 15.4. The molecule has 116 valence electrons. The van der Waals surface area contributed by atoms with Crippen molar-refractivity contribution in [3.8, 4) is 0 Å². The highest BCUT2D eigenvalue weighted by atomic mass is 32.1. The Kier molecular flexibility index (Phi) is 5.36. The molecule has 0 saturated carbocycles. The van der Waals surface area contributed by atoms with Crippen LogP contribution in [0, 0.1) is 6.92 Å². The number of nitrogens with one attached hydrogen (secondary N) is 1. The molecule has 1 aromatic heterocycles. The molecule has 1 fully saturated rings. The van der Waals surface area contributed by atoms with Gasteiger partial charge in [-0.3, -0.25) is 9.59 Å².